The van der Waals surface area contributed by atoms with E-state index in [2.05, 4.69) is 48.5 Å². The van der Waals surface area contributed by atoms with E-state index in [4.69, 9.17) is 9.47 Å². The molecule has 0 aliphatic carbocycles. The van der Waals surface area contributed by atoms with Gasteiger partial charge in [-0.05, 0) is 30.5 Å². The molecule has 1 rings (SSSR count). The molecule has 0 aromatic heterocycles. The van der Waals surface area contributed by atoms with Crippen molar-refractivity contribution in [3.05, 3.63) is 29.8 Å². The number of hydrogen-bond donors (Lipinski definition) is 2. The summed E-state index contributed by atoms with van der Waals surface area (Å²) in [4.78, 5) is 4.66. The molecule has 136 valence electrons. The van der Waals surface area contributed by atoms with Gasteiger partial charge < -0.3 is 20.1 Å². The molecule has 0 saturated heterocycles. The van der Waals surface area contributed by atoms with Gasteiger partial charge in [0.25, 0.3) is 0 Å². The molecule has 0 unspecified atom stereocenters. The first kappa shape index (κ1) is 20.3. The molecule has 2 N–H and O–H groups in total. The molecule has 0 bridgehead atoms. The standard InChI is InChI=1S/C19H33N3O2/c1-5-16(6-2)14-21-19(20-7-3)22-15-17-8-10-18(11-9-17)24-13-12-23-4/h8-11,16H,5-7,12-15H2,1-4H3,(H2,20,21,22). The third-order valence-electron chi connectivity index (χ3n) is 3.96. The topological polar surface area (TPSA) is 54.9 Å². The normalized spacial score (nSPS) is 11.6. The average Bonchev–Trinajstić information content (AvgIpc) is 2.61. The van der Waals surface area contributed by atoms with Crippen molar-refractivity contribution in [2.75, 3.05) is 33.4 Å². The molecule has 0 spiro atoms. The largest absolute Gasteiger partial charge is 0.491 e. The second kappa shape index (κ2) is 12.6. The summed E-state index contributed by atoms with van der Waals surface area (Å²) in [5, 5.41) is 6.74. The molecule has 0 radical (unpaired) electrons. The first-order chi connectivity index (χ1) is 11.7. The van der Waals surface area contributed by atoms with Crippen LogP contribution < -0.4 is 15.4 Å². The van der Waals surface area contributed by atoms with Crippen LogP contribution in [0.15, 0.2) is 29.3 Å². The van der Waals surface area contributed by atoms with Crippen molar-refractivity contribution in [2.45, 2.75) is 40.2 Å². The molecule has 1 aromatic rings. The monoisotopic (exact) mass is 335 g/mol. The van der Waals surface area contributed by atoms with Gasteiger partial charge in [-0.15, -0.1) is 0 Å². The SMILES string of the molecule is CCNC(=NCc1ccc(OCCOC)cc1)NCC(CC)CC. The second-order valence-electron chi connectivity index (χ2n) is 5.74. The van der Waals surface area contributed by atoms with E-state index < -0.39 is 0 Å². The summed E-state index contributed by atoms with van der Waals surface area (Å²) in [5.74, 6) is 2.43. The van der Waals surface area contributed by atoms with Crippen LogP contribution >= 0.6 is 0 Å². The highest BCUT2D eigenvalue weighted by Gasteiger charge is 2.04. The molecule has 0 heterocycles. The third-order valence-corrected chi connectivity index (χ3v) is 3.96. The highest BCUT2D eigenvalue weighted by Crippen LogP contribution is 2.12. The number of aliphatic imine (C=N–C) groups is 1. The lowest BCUT2D eigenvalue weighted by molar-refractivity contribution is 0.146. The third kappa shape index (κ3) is 8.20. The van der Waals surface area contributed by atoms with Crippen molar-refractivity contribution in [3.63, 3.8) is 0 Å². The summed E-state index contributed by atoms with van der Waals surface area (Å²) in [6.45, 7) is 10.2. The zero-order valence-corrected chi connectivity index (χ0v) is 15.6. The number of guanidine groups is 1. The van der Waals surface area contributed by atoms with E-state index >= 15 is 0 Å². The quantitative estimate of drug-likeness (QED) is 0.370. The van der Waals surface area contributed by atoms with Gasteiger partial charge in [-0.3, -0.25) is 0 Å². The number of nitrogens with zero attached hydrogens (tertiary/aromatic N) is 1. The van der Waals surface area contributed by atoms with Gasteiger partial charge in [0.05, 0.1) is 13.2 Å². The Labute approximate surface area is 146 Å². The fraction of sp³-hybridized carbons (Fsp3) is 0.632. The summed E-state index contributed by atoms with van der Waals surface area (Å²) < 4.78 is 10.5. The Morgan fingerprint density at radius 1 is 1.04 bits per heavy atom. The highest BCUT2D eigenvalue weighted by atomic mass is 16.5. The lowest BCUT2D eigenvalue weighted by Crippen LogP contribution is -2.39. The predicted molar refractivity (Wildman–Crippen MR) is 101 cm³/mol. The average molecular weight is 335 g/mol. The molecular weight excluding hydrogens is 302 g/mol. The van der Waals surface area contributed by atoms with Gasteiger partial charge in [0.2, 0.25) is 0 Å². The zero-order valence-electron chi connectivity index (χ0n) is 15.6. The van der Waals surface area contributed by atoms with Crippen LogP contribution in [0.4, 0.5) is 0 Å². The van der Waals surface area contributed by atoms with E-state index in [-0.39, 0.29) is 0 Å². The number of rotatable bonds is 11. The van der Waals surface area contributed by atoms with Crippen molar-refractivity contribution in [3.8, 4) is 5.75 Å². The van der Waals surface area contributed by atoms with Gasteiger partial charge in [0.1, 0.15) is 12.4 Å². The maximum absolute atomic E-state index is 5.57. The maximum atomic E-state index is 5.57. The number of nitrogens with one attached hydrogen (secondary N) is 2. The van der Waals surface area contributed by atoms with Crippen LogP contribution in [0.1, 0.15) is 39.2 Å². The summed E-state index contributed by atoms with van der Waals surface area (Å²) in [5.41, 5.74) is 1.16. The lowest BCUT2D eigenvalue weighted by atomic mass is 10.0. The molecule has 0 amide bonds. The number of benzene rings is 1. The van der Waals surface area contributed by atoms with Crippen LogP contribution in [-0.2, 0) is 11.3 Å². The van der Waals surface area contributed by atoms with Gasteiger partial charge in [-0.2, -0.15) is 0 Å². The van der Waals surface area contributed by atoms with E-state index in [1.807, 2.05) is 12.1 Å². The van der Waals surface area contributed by atoms with E-state index in [0.29, 0.717) is 25.7 Å². The Morgan fingerprint density at radius 2 is 1.75 bits per heavy atom. The van der Waals surface area contributed by atoms with Crippen molar-refractivity contribution in [1.82, 2.24) is 10.6 Å². The van der Waals surface area contributed by atoms with Crippen LogP contribution in [0, 0.1) is 5.92 Å². The minimum atomic E-state index is 0.568. The van der Waals surface area contributed by atoms with Crippen molar-refractivity contribution in [1.29, 1.82) is 0 Å². The lowest BCUT2D eigenvalue weighted by Gasteiger charge is -2.16. The summed E-state index contributed by atoms with van der Waals surface area (Å²) in [6.07, 6.45) is 2.38. The Hall–Kier alpha value is -1.75. The summed E-state index contributed by atoms with van der Waals surface area (Å²) in [6, 6.07) is 8.06. The zero-order chi connectivity index (χ0) is 17.6. The molecular formula is C19H33N3O2. The Kier molecular flexibility index (Phi) is 10.7. The molecule has 0 fully saturated rings. The van der Waals surface area contributed by atoms with Gasteiger partial charge >= 0.3 is 0 Å². The number of hydrogen-bond acceptors (Lipinski definition) is 3. The smallest absolute Gasteiger partial charge is 0.191 e. The number of methoxy groups -OCH3 is 1. The predicted octanol–water partition coefficient (Wildman–Crippen LogP) is 3.20. The maximum Gasteiger partial charge on any atom is 0.191 e. The van der Waals surface area contributed by atoms with Crippen LogP contribution in [0.5, 0.6) is 5.75 Å². The minimum absolute atomic E-state index is 0.568. The van der Waals surface area contributed by atoms with Crippen molar-refractivity contribution >= 4 is 5.96 Å². The molecule has 0 atom stereocenters. The summed E-state index contributed by atoms with van der Waals surface area (Å²) in [7, 11) is 1.67. The highest BCUT2D eigenvalue weighted by molar-refractivity contribution is 5.79. The van der Waals surface area contributed by atoms with Gasteiger partial charge in [0.15, 0.2) is 5.96 Å². The van der Waals surface area contributed by atoms with Crippen molar-refractivity contribution in [2.24, 2.45) is 10.9 Å². The first-order valence-electron chi connectivity index (χ1n) is 8.96. The van der Waals surface area contributed by atoms with Crippen LogP contribution in [0.2, 0.25) is 0 Å². The molecule has 0 saturated carbocycles. The molecule has 5 nitrogen and oxygen atoms in total. The van der Waals surface area contributed by atoms with Gasteiger partial charge in [-0.1, -0.05) is 38.8 Å². The fourth-order valence-corrected chi connectivity index (χ4v) is 2.26. The Balaban J connectivity index is 2.52. The van der Waals surface area contributed by atoms with Gasteiger partial charge in [-0.25, -0.2) is 4.99 Å². The van der Waals surface area contributed by atoms with E-state index in [0.717, 1.165) is 30.4 Å². The Bertz CT molecular complexity index is 456. The molecule has 0 aliphatic rings. The van der Waals surface area contributed by atoms with Crippen LogP contribution in [0.3, 0.4) is 0 Å². The molecule has 24 heavy (non-hydrogen) atoms. The fourth-order valence-electron chi connectivity index (χ4n) is 2.26. The molecule has 5 heteroatoms. The van der Waals surface area contributed by atoms with Crippen molar-refractivity contribution < 1.29 is 9.47 Å². The Morgan fingerprint density at radius 3 is 2.33 bits per heavy atom. The van der Waals surface area contributed by atoms with Crippen LogP contribution in [-0.4, -0.2) is 39.4 Å². The van der Waals surface area contributed by atoms with Crippen LogP contribution in [0.25, 0.3) is 0 Å². The molecule has 1 aromatic carbocycles. The van der Waals surface area contributed by atoms with E-state index in [9.17, 15) is 0 Å². The number of ether oxygens (including phenoxy) is 2. The van der Waals surface area contributed by atoms with Gasteiger partial charge in [0, 0.05) is 20.2 Å². The minimum Gasteiger partial charge on any atom is -0.491 e. The van der Waals surface area contributed by atoms with E-state index in [1.54, 1.807) is 7.11 Å². The first-order valence-corrected chi connectivity index (χ1v) is 8.96. The second-order valence-corrected chi connectivity index (χ2v) is 5.74. The summed E-state index contributed by atoms with van der Waals surface area (Å²) >= 11 is 0. The van der Waals surface area contributed by atoms with E-state index in [1.165, 1.54) is 12.8 Å². The molecule has 0 aliphatic heterocycles.